The molecule has 0 amide bonds. The van der Waals surface area contributed by atoms with E-state index in [-0.39, 0.29) is 22.1 Å². The molecule has 4 aromatic carbocycles. The van der Waals surface area contributed by atoms with E-state index in [1.54, 1.807) is 0 Å². The highest BCUT2D eigenvalue weighted by Gasteiger charge is 2.47. The van der Waals surface area contributed by atoms with Gasteiger partial charge in [-0.3, -0.25) is 0 Å². The maximum Gasteiger partial charge on any atom is 0.0706 e. The minimum atomic E-state index is -0.484. The number of hydrogen-bond acceptors (Lipinski definition) is 2. The van der Waals surface area contributed by atoms with Gasteiger partial charge in [-0.1, -0.05) is 144 Å². The number of aliphatic hydroxyl groups is 1. The lowest BCUT2D eigenvalue weighted by Crippen LogP contribution is -2.38. The van der Waals surface area contributed by atoms with E-state index in [0.29, 0.717) is 6.61 Å². The summed E-state index contributed by atoms with van der Waals surface area (Å²) >= 11 is 2.57. The Morgan fingerprint density at radius 2 is 1.17 bits per heavy atom. The Labute approximate surface area is 222 Å². The summed E-state index contributed by atoms with van der Waals surface area (Å²) in [5.74, 6) is 0. The van der Waals surface area contributed by atoms with Crippen LogP contribution in [0.2, 0.25) is 0 Å². The summed E-state index contributed by atoms with van der Waals surface area (Å²) < 4.78 is 6.83. The van der Waals surface area contributed by atoms with Crippen LogP contribution in [-0.4, -0.2) is 28.3 Å². The molecule has 4 aromatic rings. The van der Waals surface area contributed by atoms with Gasteiger partial charge in [-0.25, -0.2) is 0 Å². The van der Waals surface area contributed by atoms with Gasteiger partial charge in [0.25, 0.3) is 0 Å². The highest BCUT2D eigenvalue weighted by molar-refractivity contribution is 14.1. The zero-order chi connectivity index (χ0) is 24.1. The van der Waals surface area contributed by atoms with Gasteiger partial charge >= 0.3 is 0 Å². The van der Waals surface area contributed by atoms with E-state index in [0.717, 1.165) is 24.0 Å². The maximum atomic E-state index is 10.9. The van der Waals surface area contributed by atoms with E-state index in [9.17, 15) is 5.11 Å². The largest absolute Gasteiger partial charge is 0.395 e. The van der Waals surface area contributed by atoms with Gasteiger partial charge in [0.15, 0.2) is 0 Å². The van der Waals surface area contributed by atoms with Crippen LogP contribution in [0.25, 0.3) is 0 Å². The van der Waals surface area contributed by atoms with E-state index in [1.165, 1.54) is 11.1 Å². The third-order valence-electron chi connectivity index (χ3n) is 7.62. The van der Waals surface area contributed by atoms with Gasteiger partial charge in [0.2, 0.25) is 0 Å². The van der Waals surface area contributed by atoms with Crippen LogP contribution in [0.1, 0.15) is 35.1 Å². The van der Waals surface area contributed by atoms with Crippen molar-refractivity contribution in [1.29, 1.82) is 0 Å². The second-order valence-electron chi connectivity index (χ2n) is 9.56. The molecule has 0 spiro atoms. The van der Waals surface area contributed by atoms with Crippen LogP contribution >= 0.6 is 22.6 Å². The van der Waals surface area contributed by atoms with E-state index in [1.807, 2.05) is 12.1 Å². The smallest absolute Gasteiger partial charge is 0.0706 e. The molecule has 178 valence electrons. The van der Waals surface area contributed by atoms with Crippen LogP contribution in [0, 0.1) is 0 Å². The van der Waals surface area contributed by atoms with Crippen LogP contribution in [0.4, 0.5) is 0 Å². The number of hydrogen-bond donors (Lipinski definition) is 1. The van der Waals surface area contributed by atoms with Gasteiger partial charge in [-0.2, -0.15) is 0 Å². The van der Waals surface area contributed by atoms with Crippen LogP contribution in [0.15, 0.2) is 121 Å². The van der Waals surface area contributed by atoms with Crippen molar-refractivity contribution in [2.75, 3.05) is 13.2 Å². The first-order valence-corrected chi connectivity index (χ1v) is 13.5. The molecule has 1 heterocycles. The first kappa shape index (κ1) is 24.2. The van der Waals surface area contributed by atoms with Crippen molar-refractivity contribution in [3.8, 4) is 0 Å². The molecule has 0 saturated carbocycles. The molecule has 1 aliphatic heterocycles. The zero-order valence-corrected chi connectivity index (χ0v) is 21.9. The monoisotopic (exact) mass is 574 g/mol. The lowest BCUT2D eigenvalue weighted by molar-refractivity contribution is 0.0970. The molecular weight excluding hydrogens is 543 g/mol. The topological polar surface area (TPSA) is 29.5 Å². The molecule has 3 heteroatoms. The summed E-state index contributed by atoms with van der Waals surface area (Å²) in [4.78, 5) is 0. The Kier molecular flexibility index (Phi) is 7.37. The first-order valence-electron chi connectivity index (χ1n) is 12.3. The third-order valence-corrected chi connectivity index (χ3v) is 8.86. The Hall–Kier alpha value is -2.47. The molecule has 0 radical (unpaired) electrons. The highest BCUT2D eigenvalue weighted by Crippen LogP contribution is 2.47. The summed E-state index contributed by atoms with van der Waals surface area (Å²) in [7, 11) is 0. The normalized spacial score (nSPS) is 18.3. The maximum absolute atomic E-state index is 10.9. The van der Waals surface area contributed by atoms with Gasteiger partial charge in [0.1, 0.15) is 0 Å². The first-order chi connectivity index (χ1) is 17.2. The summed E-state index contributed by atoms with van der Waals surface area (Å²) in [5.41, 5.74) is 4.24. The fourth-order valence-electron chi connectivity index (χ4n) is 5.65. The van der Waals surface area contributed by atoms with Gasteiger partial charge in [0.05, 0.1) is 19.3 Å². The summed E-state index contributed by atoms with van der Waals surface area (Å²) in [6, 6.07) is 42.4. The standard InChI is InChI=1S/C32H31IO2/c33-29(21-31(23-34,25-13-5-1-6-14-25)26-15-7-2-8-16-26)30-22-32(24-35-30,27-17-9-3-10-18-27)28-19-11-4-12-20-28/h1-20,29-30,34H,21-24H2/t29-,30-/m0/s1. The summed E-state index contributed by atoms with van der Waals surface area (Å²) in [6.07, 6.45) is 1.79. The molecule has 1 aliphatic rings. The molecule has 1 fully saturated rings. The van der Waals surface area contributed by atoms with E-state index in [2.05, 4.69) is 132 Å². The number of rotatable bonds is 8. The molecule has 2 nitrogen and oxygen atoms in total. The minimum Gasteiger partial charge on any atom is -0.395 e. The average Bonchev–Trinajstić information content (AvgIpc) is 3.41. The Bertz CT molecular complexity index is 1120. The molecule has 35 heavy (non-hydrogen) atoms. The van der Waals surface area contributed by atoms with Crippen molar-refractivity contribution in [3.63, 3.8) is 0 Å². The zero-order valence-electron chi connectivity index (χ0n) is 19.8. The van der Waals surface area contributed by atoms with Crippen molar-refractivity contribution < 1.29 is 9.84 Å². The highest BCUT2D eigenvalue weighted by atomic mass is 127. The minimum absolute atomic E-state index is 0.0514. The molecule has 0 aromatic heterocycles. The van der Waals surface area contributed by atoms with Crippen LogP contribution < -0.4 is 0 Å². The predicted octanol–water partition coefficient (Wildman–Crippen LogP) is 6.93. The van der Waals surface area contributed by atoms with Gasteiger partial charge < -0.3 is 9.84 Å². The van der Waals surface area contributed by atoms with Gasteiger partial charge in [0, 0.05) is 14.8 Å². The van der Waals surface area contributed by atoms with Crippen molar-refractivity contribution >= 4 is 22.6 Å². The fourth-order valence-corrected chi connectivity index (χ4v) is 6.87. The quantitative estimate of drug-likeness (QED) is 0.183. The lowest BCUT2D eigenvalue weighted by Gasteiger charge is -2.37. The average molecular weight is 575 g/mol. The molecule has 1 N–H and O–H groups in total. The van der Waals surface area contributed by atoms with Gasteiger partial charge in [-0.15, -0.1) is 0 Å². The molecule has 1 saturated heterocycles. The number of aliphatic hydroxyl groups excluding tert-OH is 1. The molecule has 0 unspecified atom stereocenters. The summed E-state index contributed by atoms with van der Waals surface area (Å²) in [6.45, 7) is 0.712. The van der Waals surface area contributed by atoms with Crippen LogP contribution in [0.5, 0.6) is 0 Å². The van der Waals surface area contributed by atoms with Crippen molar-refractivity contribution in [1.82, 2.24) is 0 Å². The van der Waals surface area contributed by atoms with Crippen molar-refractivity contribution in [2.24, 2.45) is 0 Å². The van der Waals surface area contributed by atoms with E-state index >= 15 is 0 Å². The van der Waals surface area contributed by atoms with Crippen LogP contribution in [-0.2, 0) is 15.6 Å². The van der Waals surface area contributed by atoms with E-state index in [4.69, 9.17) is 4.74 Å². The number of ether oxygens (including phenoxy) is 1. The van der Waals surface area contributed by atoms with Crippen LogP contribution in [0.3, 0.4) is 0 Å². The molecule has 2 atom stereocenters. The molecule has 0 bridgehead atoms. The third kappa shape index (κ3) is 4.69. The molecular formula is C32H31IO2. The SMILES string of the molecule is OCC(C[C@H](I)[C@@H]1CC(c2ccccc2)(c2ccccc2)CO1)(c1ccccc1)c1ccccc1. The Morgan fingerprint density at radius 3 is 1.60 bits per heavy atom. The van der Waals surface area contributed by atoms with E-state index < -0.39 is 5.41 Å². The predicted molar refractivity (Wildman–Crippen MR) is 151 cm³/mol. The fraction of sp³-hybridized carbons (Fsp3) is 0.250. The summed E-state index contributed by atoms with van der Waals surface area (Å²) in [5, 5.41) is 10.9. The second kappa shape index (κ2) is 10.7. The Morgan fingerprint density at radius 1 is 0.743 bits per heavy atom. The molecule has 5 rings (SSSR count). The van der Waals surface area contributed by atoms with Crippen molar-refractivity contribution in [2.45, 2.75) is 33.7 Å². The van der Waals surface area contributed by atoms with Gasteiger partial charge in [-0.05, 0) is 35.1 Å². The van der Waals surface area contributed by atoms with Crippen molar-refractivity contribution in [3.05, 3.63) is 144 Å². The lowest BCUT2D eigenvalue weighted by atomic mass is 9.69. The second-order valence-corrected chi connectivity index (χ2v) is 11.2. The molecule has 0 aliphatic carbocycles. The number of halogens is 1. The number of alkyl halides is 1. The Balaban J connectivity index is 1.49. The number of benzene rings is 4.